The monoisotopic (exact) mass is 259 g/mol. The van der Waals surface area contributed by atoms with Gasteiger partial charge in [0.25, 0.3) is 5.91 Å². The highest BCUT2D eigenvalue weighted by atomic mass is 16.6. The summed E-state index contributed by atoms with van der Waals surface area (Å²) in [5, 5.41) is 0. The maximum absolute atomic E-state index is 12.3. The van der Waals surface area contributed by atoms with Gasteiger partial charge in [0.2, 0.25) is 0 Å². The van der Waals surface area contributed by atoms with Crippen LogP contribution in [-0.2, 0) is 23.8 Å². The predicted octanol–water partition coefficient (Wildman–Crippen LogP) is 0.202. The third-order valence-electron chi connectivity index (χ3n) is 3.40. The minimum Gasteiger partial charge on any atom is -0.467 e. The number of hydrogen-bond acceptors (Lipinski definition) is 5. The molecule has 0 radical (unpaired) electrons. The Morgan fingerprint density at radius 2 is 2.11 bits per heavy atom. The molecule has 1 amide bonds. The van der Waals surface area contributed by atoms with Gasteiger partial charge in [0, 0.05) is 13.7 Å². The normalized spacial score (nSPS) is 23.3. The van der Waals surface area contributed by atoms with E-state index in [1.54, 1.807) is 11.8 Å². The lowest BCUT2D eigenvalue weighted by molar-refractivity contribution is -0.170. The zero-order chi connectivity index (χ0) is 13.8. The molecule has 1 heterocycles. The molecule has 0 saturated carbocycles. The zero-order valence-electron chi connectivity index (χ0n) is 11.4. The molecule has 1 aliphatic heterocycles. The summed E-state index contributed by atoms with van der Waals surface area (Å²) in [4.78, 5) is 25.3. The Morgan fingerprint density at radius 3 is 2.61 bits per heavy atom. The van der Waals surface area contributed by atoms with Gasteiger partial charge in [-0.1, -0.05) is 6.92 Å². The number of carbonyl (C=O) groups excluding carboxylic acids is 2. The van der Waals surface area contributed by atoms with Gasteiger partial charge in [-0.3, -0.25) is 4.79 Å². The Bertz CT molecular complexity index is 314. The second-order valence-corrected chi connectivity index (χ2v) is 4.42. The fourth-order valence-corrected chi connectivity index (χ4v) is 1.83. The molecule has 0 N–H and O–H groups in total. The second-order valence-electron chi connectivity index (χ2n) is 4.42. The van der Waals surface area contributed by atoms with Crippen molar-refractivity contribution in [1.82, 2.24) is 4.90 Å². The number of hydrogen-bond donors (Lipinski definition) is 0. The molecule has 2 unspecified atom stereocenters. The van der Waals surface area contributed by atoms with Gasteiger partial charge in [0.15, 0.2) is 6.10 Å². The molecule has 1 fully saturated rings. The van der Waals surface area contributed by atoms with Crippen molar-refractivity contribution < 1.29 is 23.8 Å². The first-order valence-electron chi connectivity index (χ1n) is 6.02. The van der Waals surface area contributed by atoms with Gasteiger partial charge in [-0.05, 0) is 13.3 Å². The van der Waals surface area contributed by atoms with Gasteiger partial charge >= 0.3 is 5.97 Å². The van der Waals surface area contributed by atoms with Gasteiger partial charge in [-0.15, -0.1) is 0 Å². The van der Waals surface area contributed by atoms with Crippen molar-refractivity contribution in [3.63, 3.8) is 0 Å². The van der Waals surface area contributed by atoms with Crippen molar-refractivity contribution in [3.05, 3.63) is 0 Å². The van der Waals surface area contributed by atoms with E-state index in [9.17, 15) is 9.59 Å². The molecule has 6 heteroatoms. The molecule has 1 rings (SSSR count). The molecular formula is C12H21NO5. The molecule has 104 valence electrons. The summed E-state index contributed by atoms with van der Waals surface area (Å²) in [6.07, 6.45) is -0.131. The van der Waals surface area contributed by atoms with E-state index in [1.807, 2.05) is 6.92 Å². The summed E-state index contributed by atoms with van der Waals surface area (Å²) in [6.45, 7) is 4.64. The van der Waals surface area contributed by atoms with Crippen LogP contribution in [0, 0.1) is 0 Å². The lowest BCUT2D eigenvalue weighted by atomic mass is 10.0. The third-order valence-corrected chi connectivity index (χ3v) is 3.40. The van der Waals surface area contributed by atoms with Crippen LogP contribution in [0.3, 0.4) is 0 Å². The predicted molar refractivity (Wildman–Crippen MR) is 64.0 cm³/mol. The first kappa shape index (κ1) is 14.9. The van der Waals surface area contributed by atoms with Gasteiger partial charge in [-0.25, -0.2) is 4.79 Å². The number of morpholine rings is 1. The fraction of sp³-hybridized carbons (Fsp3) is 0.833. The van der Waals surface area contributed by atoms with Crippen molar-refractivity contribution in [1.29, 1.82) is 0 Å². The minimum absolute atomic E-state index is 0.121. The van der Waals surface area contributed by atoms with Crippen LogP contribution in [0.1, 0.15) is 20.3 Å². The number of ether oxygens (including phenoxy) is 3. The number of esters is 1. The molecule has 0 aromatic rings. The molecule has 2 atom stereocenters. The first-order chi connectivity index (χ1) is 8.48. The first-order valence-corrected chi connectivity index (χ1v) is 6.02. The van der Waals surface area contributed by atoms with Crippen LogP contribution >= 0.6 is 0 Å². The van der Waals surface area contributed by atoms with Crippen LogP contribution < -0.4 is 0 Å². The highest BCUT2D eigenvalue weighted by molar-refractivity contribution is 5.86. The molecule has 1 saturated heterocycles. The number of carbonyl (C=O) groups is 2. The number of nitrogens with zero attached hydrogens (tertiary/aromatic N) is 1. The second kappa shape index (κ2) is 6.15. The van der Waals surface area contributed by atoms with E-state index in [0.717, 1.165) is 0 Å². The third kappa shape index (κ3) is 3.00. The van der Waals surface area contributed by atoms with Crippen LogP contribution in [-0.4, -0.2) is 62.4 Å². The fourth-order valence-electron chi connectivity index (χ4n) is 1.83. The topological polar surface area (TPSA) is 65.1 Å². The zero-order valence-corrected chi connectivity index (χ0v) is 11.4. The Morgan fingerprint density at radius 1 is 1.44 bits per heavy atom. The molecule has 0 bridgehead atoms. The van der Waals surface area contributed by atoms with Crippen LogP contribution in [0.25, 0.3) is 0 Å². The van der Waals surface area contributed by atoms with E-state index < -0.39 is 17.7 Å². The quantitative estimate of drug-likeness (QED) is 0.675. The average molecular weight is 259 g/mol. The SMILES string of the molecule is CCC(C)(OC)C(=O)N1CCOC(C(=O)OC)C1. The van der Waals surface area contributed by atoms with E-state index >= 15 is 0 Å². The van der Waals surface area contributed by atoms with Crippen LogP contribution in [0.5, 0.6) is 0 Å². The van der Waals surface area contributed by atoms with Gasteiger partial charge in [-0.2, -0.15) is 0 Å². The Hall–Kier alpha value is -1.14. The van der Waals surface area contributed by atoms with E-state index in [-0.39, 0.29) is 12.5 Å². The Balaban J connectivity index is 2.72. The van der Waals surface area contributed by atoms with E-state index in [2.05, 4.69) is 4.74 Å². The molecule has 0 spiro atoms. The summed E-state index contributed by atoms with van der Waals surface area (Å²) in [6, 6.07) is 0. The van der Waals surface area contributed by atoms with Crippen LogP contribution in [0.4, 0.5) is 0 Å². The lowest BCUT2D eigenvalue weighted by Crippen LogP contribution is -2.55. The number of methoxy groups -OCH3 is 2. The molecule has 0 aromatic carbocycles. The molecule has 18 heavy (non-hydrogen) atoms. The molecule has 6 nitrogen and oxygen atoms in total. The lowest BCUT2D eigenvalue weighted by Gasteiger charge is -2.37. The number of amides is 1. The molecule has 0 aliphatic carbocycles. The minimum atomic E-state index is -0.849. The maximum Gasteiger partial charge on any atom is 0.336 e. The largest absolute Gasteiger partial charge is 0.467 e. The van der Waals surface area contributed by atoms with Crippen molar-refractivity contribution in [2.24, 2.45) is 0 Å². The number of rotatable bonds is 4. The Labute approximate surface area is 107 Å². The van der Waals surface area contributed by atoms with Crippen molar-refractivity contribution in [3.8, 4) is 0 Å². The molecular weight excluding hydrogens is 238 g/mol. The van der Waals surface area contributed by atoms with Gasteiger partial charge in [0.1, 0.15) is 5.60 Å². The summed E-state index contributed by atoms with van der Waals surface area (Å²) in [5.74, 6) is -0.576. The summed E-state index contributed by atoms with van der Waals surface area (Å²) in [7, 11) is 2.82. The van der Waals surface area contributed by atoms with Crippen molar-refractivity contribution >= 4 is 11.9 Å². The van der Waals surface area contributed by atoms with E-state index in [0.29, 0.717) is 19.6 Å². The van der Waals surface area contributed by atoms with Gasteiger partial charge in [0.05, 0.1) is 20.3 Å². The van der Waals surface area contributed by atoms with E-state index in [1.165, 1.54) is 14.2 Å². The maximum atomic E-state index is 12.3. The smallest absolute Gasteiger partial charge is 0.336 e. The Kier molecular flexibility index (Phi) is 5.10. The van der Waals surface area contributed by atoms with Gasteiger partial charge < -0.3 is 19.1 Å². The highest BCUT2D eigenvalue weighted by Crippen LogP contribution is 2.19. The summed E-state index contributed by atoms with van der Waals surface area (Å²) < 4.78 is 15.2. The highest BCUT2D eigenvalue weighted by Gasteiger charge is 2.38. The van der Waals surface area contributed by atoms with Crippen LogP contribution in [0.2, 0.25) is 0 Å². The average Bonchev–Trinajstić information content (AvgIpc) is 2.44. The van der Waals surface area contributed by atoms with Crippen molar-refractivity contribution in [2.75, 3.05) is 33.9 Å². The van der Waals surface area contributed by atoms with E-state index in [4.69, 9.17) is 9.47 Å². The molecule has 1 aliphatic rings. The summed E-state index contributed by atoms with van der Waals surface area (Å²) >= 11 is 0. The molecule has 0 aromatic heterocycles. The van der Waals surface area contributed by atoms with Crippen molar-refractivity contribution in [2.45, 2.75) is 32.0 Å². The van der Waals surface area contributed by atoms with Crippen LogP contribution in [0.15, 0.2) is 0 Å². The summed E-state index contributed by atoms with van der Waals surface area (Å²) in [5.41, 5.74) is -0.849. The standard InChI is InChI=1S/C12H21NO5/c1-5-12(2,17-4)11(15)13-6-7-18-9(8-13)10(14)16-3/h9H,5-8H2,1-4H3.